The van der Waals surface area contributed by atoms with Crippen molar-refractivity contribution < 1.29 is 4.79 Å². The Morgan fingerprint density at radius 3 is 3.00 bits per heavy atom. The third kappa shape index (κ3) is 2.65. The Bertz CT molecular complexity index is 641. The van der Waals surface area contributed by atoms with E-state index in [0.717, 1.165) is 43.3 Å². The molecule has 3 rings (SSSR count). The molecule has 0 aliphatic carbocycles. The molecule has 112 valence electrons. The fraction of sp³-hybridized carbons (Fsp3) is 0.500. The van der Waals surface area contributed by atoms with Gasteiger partial charge in [-0.3, -0.25) is 9.48 Å². The first-order valence-corrected chi connectivity index (χ1v) is 7.58. The number of carbonyl (C=O) groups excluding carboxylic acids is 1. The molecule has 2 aromatic rings. The van der Waals surface area contributed by atoms with Gasteiger partial charge in [0.05, 0.1) is 5.52 Å². The molecule has 1 atom stereocenters. The maximum Gasteiger partial charge on any atom is 0.274 e. The summed E-state index contributed by atoms with van der Waals surface area (Å²) in [5, 5.41) is 8.76. The van der Waals surface area contributed by atoms with Gasteiger partial charge in [0.2, 0.25) is 0 Å². The van der Waals surface area contributed by atoms with Gasteiger partial charge in [-0.25, -0.2) is 0 Å². The van der Waals surface area contributed by atoms with Crippen molar-refractivity contribution in [3.05, 3.63) is 30.0 Å². The fourth-order valence-corrected chi connectivity index (χ4v) is 3.09. The zero-order valence-corrected chi connectivity index (χ0v) is 12.7. The molecule has 1 aliphatic heterocycles. The van der Waals surface area contributed by atoms with E-state index in [9.17, 15) is 4.79 Å². The summed E-state index contributed by atoms with van der Waals surface area (Å²) < 4.78 is 1.78. The standard InChI is InChI=1S/C16H22N4O/c1-19(12-6-5-10-17-11-9-12)16(21)15-13-7-3-4-8-14(13)20(2)18-15/h3-4,7-8,12,17H,5-6,9-11H2,1-2H3. The largest absolute Gasteiger partial charge is 0.337 e. The van der Waals surface area contributed by atoms with Gasteiger partial charge < -0.3 is 10.2 Å². The zero-order valence-electron chi connectivity index (χ0n) is 12.7. The Morgan fingerprint density at radius 2 is 2.14 bits per heavy atom. The lowest BCUT2D eigenvalue weighted by Gasteiger charge is -2.26. The number of aromatic nitrogens is 2. The molecule has 0 saturated carbocycles. The number of aryl methyl sites for hydroxylation is 1. The highest BCUT2D eigenvalue weighted by atomic mass is 16.2. The van der Waals surface area contributed by atoms with Crippen LogP contribution in [0.1, 0.15) is 29.8 Å². The number of nitrogens with zero attached hydrogens (tertiary/aromatic N) is 3. The number of benzene rings is 1. The van der Waals surface area contributed by atoms with Gasteiger partial charge in [-0.05, 0) is 38.4 Å². The SMILES string of the molecule is CN(C(=O)c1nn(C)c2ccccc12)C1CCCNCC1. The quantitative estimate of drug-likeness (QED) is 0.915. The average molecular weight is 286 g/mol. The van der Waals surface area contributed by atoms with Crippen LogP contribution in [0.2, 0.25) is 0 Å². The highest BCUT2D eigenvalue weighted by molar-refractivity contribution is 6.04. The second kappa shape index (κ2) is 5.85. The predicted molar refractivity (Wildman–Crippen MR) is 83.3 cm³/mol. The first-order valence-electron chi connectivity index (χ1n) is 7.58. The Morgan fingerprint density at radius 1 is 1.33 bits per heavy atom. The van der Waals surface area contributed by atoms with Crippen LogP contribution in [0.3, 0.4) is 0 Å². The summed E-state index contributed by atoms with van der Waals surface area (Å²) in [6.07, 6.45) is 3.18. The van der Waals surface area contributed by atoms with E-state index in [1.807, 2.05) is 43.3 Å². The smallest absolute Gasteiger partial charge is 0.274 e. The average Bonchev–Trinajstić information content (AvgIpc) is 2.70. The Balaban J connectivity index is 1.89. The summed E-state index contributed by atoms with van der Waals surface area (Å²) in [4.78, 5) is 14.7. The van der Waals surface area contributed by atoms with Crippen LogP contribution in [0.4, 0.5) is 0 Å². The molecule has 1 saturated heterocycles. The van der Waals surface area contributed by atoms with Gasteiger partial charge in [-0.2, -0.15) is 5.10 Å². The van der Waals surface area contributed by atoms with E-state index in [2.05, 4.69) is 10.4 Å². The molecular weight excluding hydrogens is 264 g/mol. The Labute approximate surface area is 124 Å². The van der Waals surface area contributed by atoms with Gasteiger partial charge >= 0.3 is 0 Å². The number of para-hydroxylation sites is 1. The normalized spacial score (nSPS) is 19.4. The van der Waals surface area contributed by atoms with Gasteiger partial charge in [0, 0.05) is 25.5 Å². The number of nitrogens with one attached hydrogen (secondary N) is 1. The first kappa shape index (κ1) is 14.1. The van der Waals surface area contributed by atoms with Crippen molar-refractivity contribution in [1.29, 1.82) is 0 Å². The van der Waals surface area contributed by atoms with Crippen molar-refractivity contribution in [1.82, 2.24) is 20.0 Å². The van der Waals surface area contributed by atoms with Crippen molar-refractivity contribution >= 4 is 16.8 Å². The van der Waals surface area contributed by atoms with Crippen LogP contribution < -0.4 is 5.32 Å². The molecule has 1 aliphatic rings. The van der Waals surface area contributed by atoms with E-state index in [-0.39, 0.29) is 5.91 Å². The lowest BCUT2D eigenvalue weighted by atomic mass is 10.1. The number of rotatable bonds is 2. The van der Waals surface area contributed by atoms with Crippen molar-refractivity contribution in [2.24, 2.45) is 7.05 Å². The van der Waals surface area contributed by atoms with Crippen molar-refractivity contribution in [2.75, 3.05) is 20.1 Å². The molecule has 0 bridgehead atoms. The van der Waals surface area contributed by atoms with Crippen molar-refractivity contribution in [2.45, 2.75) is 25.3 Å². The van der Waals surface area contributed by atoms with E-state index < -0.39 is 0 Å². The molecule has 21 heavy (non-hydrogen) atoms. The molecule has 2 heterocycles. The minimum absolute atomic E-state index is 0.0266. The second-order valence-electron chi connectivity index (χ2n) is 5.74. The number of amides is 1. The molecule has 0 spiro atoms. The van der Waals surface area contributed by atoms with Crippen molar-refractivity contribution in [3.63, 3.8) is 0 Å². The number of fused-ring (bicyclic) bond motifs is 1. The van der Waals surface area contributed by atoms with Crippen LogP contribution in [-0.2, 0) is 7.05 Å². The van der Waals surface area contributed by atoms with E-state index in [0.29, 0.717) is 11.7 Å². The van der Waals surface area contributed by atoms with Crippen molar-refractivity contribution in [3.8, 4) is 0 Å². The van der Waals surface area contributed by atoms with E-state index in [4.69, 9.17) is 0 Å². The maximum atomic E-state index is 12.8. The van der Waals surface area contributed by atoms with Gasteiger partial charge in [-0.15, -0.1) is 0 Å². The second-order valence-corrected chi connectivity index (χ2v) is 5.74. The molecule has 5 nitrogen and oxygen atoms in total. The predicted octanol–water partition coefficient (Wildman–Crippen LogP) is 1.79. The van der Waals surface area contributed by atoms with E-state index >= 15 is 0 Å². The summed E-state index contributed by atoms with van der Waals surface area (Å²) in [6, 6.07) is 8.19. The van der Waals surface area contributed by atoms with Gasteiger partial charge in [-0.1, -0.05) is 18.2 Å². The molecule has 1 N–H and O–H groups in total. The van der Waals surface area contributed by atoms with Gasteiger partial charge in [0.25, 0.3) is 5.91 Å². The van der Waals surface area contributed by atoms with Crippen LogP contribution in [0.5, 0.6) is 0 Å². The highest BCUT2D eigenvalue weighted by Crippen LogP contribution is 2.21. The highest BCUT2D eigenvalue weighted by Gasteiger charge is 2.25. The topological polar surface area (TPSA) is 50.2 Å². The lowest BCUT2D eigenvalue weighted by Crippen LogP contribution is -2.37. The van der Waals surface area contributed by atoms with Crippen LogP contribution in [0.15, 0.2) is 24.3 Å². The third-order valence-electron chi connectivity index (χ3n) is 4.37. The molecule has 1 aromatic heterocycles. The molecular formula is C16H22N4O. The van der Waals surface area contributed by atoms with E-state index in [1.165, 1.54) is 0 Å². The number of hydrogen-bond donors (Lipinski definition) is 1. The summed E-state index contributed by atoms with van der Waals surface area (Å²) in [5.41, 5.74) is 1.56. The molecule has 1 aromatic carbocycles. The van der Waals surface area contributed by atoms with E-state index in [1.54, 1.807) is 4.68 Å². The molecule has 0 radical (unpaired) electrons. The summed E-state index contributed by atoms with van der Waals surface area (Å²) in [5.74, 6) is 0.0266. The third-order valence-corrected chi connectivity index (χ3v) is 4.37. The molecule has 5 heteroatoms. The Kier molecular flexibility index (Phi) is 3.92. The van der Waals surface area contributed by atoms with Crippen LogP contribution in [0, 0.1) is 0 Å². The summed E-state index contributed by atoms with van der Waals surface area (Å²) >= 11 is 0. The van der Waals surface area contributed by atoms with Crippen LogP contribution in [0.25, 0.3) is 10.9 Å². The van der Waals surface area contributed by atoms with Crippen LogP contribution >= 0.6 is 0 Å². The fourth-order valence-electron chi connectivity index (χ4n) is 3.09. The number of carbonyl (C=O) groups is 1. The molecule has 1 unspecified atom stereocenters. The number of hydrogen-bond acceptors (Lipinski definition) is 3. The monoisotopic (exact) mass is 286 g/mol. The zero-order chi connectivity index (χ0) is 14.8. The lowest BCUT2D eigenvalue weighted by molar-refractivity contribution is 0.0715. The summed E-state index contributed by atoms with van der Waals surface area (Å²) in [6.45, 7) is 2.02. The summed E-state index contributed by atoms with van der Waals surface area (Å²) in [7, 11) is 3.79. The first-order chi connectivity index (χ1) is 10.2. The van der Waals surface area contributed by atoms with Gasteiger partial charge in [0.15, 0.2) is 5.69 Å². The minimum atomic E-state index is 0.0266. The Hall–Kier alpha value is -1.88. The minimum Gasteiger partial charge on any atom is -0.337 e. The van der Waals surface area contributed by atoms with Crippen LogP contribution in [-0.4, -0.2) is 46.8 Å². The van der Waals surface area contributed by atoms with Gasteiger partial charge in [0.1, 0.15) is 0 Å². The molecule has 1 fully saturated rings. The molecule has 1 amide bonds. The maximum absolute atomic E-state index is 12.8.